The van der Waals surface area contributed by atoms with E-state index in [4.69, 9.17) is 0 Å². The van der Waals surface area contributed by atoms with Crippen LogP contribution < -0.4 is 5.32 Å². The lowest BCUT2D eigenvalue weighted by molar-refractivity contribution is 0.0940. The summed E-state index contributed by atoms with van der Waals surface area (Å²) in [6.45, 7) is 3.79. The molecule has 3 nitrogen and oxygen atoms in total. The van der Waals surface area contributed by atoms with Crippen molar-refractivity contribution in [1.82, 2.24) is 5.32 Å². The maximum absolute atomic E-state index is 12.6. The van der Waals surface area contributed by atoms with Crippen molar-refractivity contribution in [2.24, 2.45) is 0 Å². The Morgan fingerprint density at radius 1 is 1.00 bits per heavy atom. The molecule has 0 aliphatic heterocycles. The standard InChI is InChI=1S/C16H17NO2S/c1-12(2)17-16(18)14-10-6-7-11-15(14)20(19)13-8-4-3-5-9-13/h3-12H,1-2H3,(H,17,18). The third kappa shape index (κ3) is 3.33. The van der Waals surface area contributed by atoms with E-state index in [1.807, 2.05) is 32.0 Å². The van der Waals surface area contributed by atoms with E-state index in [1.54, 1.807) is 36.4 Å². The Bertz CT molecular complexity index is 623. The van der Waals surface area contributed by atoms with Crippen molar-refractivity contribution in [3.05, 3.63) is 60.2 Å². The molecule has 0 bridgehead atoms. The first kappa shape index (κ1) is 14.5. The Morgan fingerprint density at radius 3 is 2.25 bits per heavy atom. The zero-order valence-corrected chi connectivity index (χ0v) is 12.3. The fourth-order valence-electron chi connectivity index (χ4n) is 1.83. The van der Waals surface area contributed by atoms with Gasteiger partial charge in [0.05, 0.1) is 21.3 Å². The van der Waals surface area contributed by atoms with Gasteiger partial charge in [0.15, 0.2) is 0 Å². The lowest BCUT2D eigenvalue weighted by atomic mass is 10.2. The van der Waals surface area contributed by atoms with Crippen molar-refractivity contribution >= 4 is 16.7 Å². The van der Waals surface area contributed by atoms with Gasteiger partial charge in [0.25, 0.3) is 5.91 Å². The molecule has 0 fully saturated rings. The molecule has 0 saturated carbocycles. The SMILES string of the molecule is CC(C)NC(=O)c1ccccc1S(=O)c1ccccc1. The summed E-state index contributed by atoms with van der Waals surface area (Å²) in [7, 11) is -1.35. The summed E-state index contributed by atoms with van der Waals surface area (Å²) in [5.74, 6) is -0.195. The van der Waals surface area contributed by atoms with Gasteiger partial charge in [-0.2, -0.15) is 0 Å². The van der Waals surface area contributed by atoms with Crippen molar-refractivity contribution in [2.45, 2.75) is 29.7 Å². The summed E-state index contributed by atoms with van der Waals surface area (Å²) in [4.78, 5) is 13.4. The Hall–Kier alpha value is -1.94. The highest BCUT2D eigenvalue weighted by atomic mass is 32.2. The minimum atomic E-state index is -1.35. The Labute approximate surface area is 121 Å². The second kappa shape index (κ2) is 6.48. The van der Waals surface area contributed by atoms with Crippen LogP contribution in [0.5, 0.6) is 0 Å². The topological polar surface area (TPSA) is 46.2 Å². The Morgan fingerprint density at radius 2 is 1.60 bits per heavy atom. The van der Waals surface area contributed by atoms with E-state index in [0.717, 1.165) is 0 Å². The van der Waals surface area contributed by atoms with Gasteiger partial charge in [-0.25, -0.2) is 4.21 Å². The van der Waals surface area contributed by atoms with Gasteiger partial charge in [0.2, 0.25) is 0 Å². The summed E-state index contributed by atoms with van der Waals surface area (Å²) in [6, 6.07) is 16.2. The van der Waals surface area contributed by atoms with Crippen LogP contribution in [0.4, 0.5) is 0 Å². The largest absolute Gasteiger partial charge is 0.350 e. The molecule has 1 atom stereocenters. The summed E-state index contributed by atoms with van der Waals surface area (Å²) < 4.78 is 12.6. The van der Waals surface area contributed by atoms with Gasteiger partial charge in [0, 0.05) is 10.9 Å². The fraction of sp³-hybridized carbons (Fsp3) is 0.188. The molecule has 0 saturated heterocycles. The third-order valence-electron chi connectivity index (χ3n) is 2.71. The van der Waals surface area contributed by atoms with Gasteiger partial charge in [-0.1, -0.05) is 30.3 Å². The summed E-state index contributed by atoms with van der Waals surface area (Å²) >= 11 is 0. The van der Waals surface area contributed by atoms with Crippen LogP contribution in [0, 0.1) is 0 Å². The molecule has 2 aromatic rings. The molecule has 4 heteroatoms. The van der Waals surface area contributed by atoms with Crippen LogP contribution in [0.25, 0.3) is 0 Å². The first-order valence-corrected chi connectivity index (χ1v) is 7.61. The van der Waals surface area contributed by atoms with Gasteiger partial charge in [-0.15, -0.1) is 0 Å². The number of rotatable bonds is 4. The van der Waals surface area contributed by atoms with Crippen molar-refractivity contribution < 1.29 is 9.00 Å². The molecule has 0 spiro atoms. The zero-order chi connectivity index (χ0) is 14.5. The smallest absolute Gasteiger partial charge is 0.252 e. The molecule has 0 aliphatic carbocycles. The van der Waals surface area contributed by atoms with Crippen molar-refractivity contribution in [2.75, 3.05) is 0 Å². The first-order chi connectivity index (χ1) is 9.59. The van der Waals surface area contributed by atoms with Crippen LogP contribution in [0.3, 0.4) is 0 Å². The first-order valence-electron chi connectivity index (χ1n) is 6.46. The second-order valence-corrected chi connectivity index (χ2v) is 6.15. The highest BCUT2D eigenvalue weighted by Gasteiger charge is 2.17. The highest BCUT2D eigenvalue weighted by molar-refractivity contribution is 7.85. The fourth-order valence-corrected chi connectivity index (χ4v) is 3.05. The summed E-state index contributed by atoms with van der Waals surface area (Å²) in [5, 5.41) is 2.83. The molecule has 1 unspecified atom stereocenters. The molecular weight excluding hydrogens is 270 g/mol. The molecule has 104 valence electrons. The average Bonchev–Trinajstić information content (AvgIpc) is 2.46. The van der Waals surface area contributed by atoms with E-state index in [-0.39, 0.29) is 11.9 Å². The number of carbonyl (C=O) groups excluding carboxylic acids is 1. The van der Waals surface area contributed by atoms with Gasteiger partial charge < -0.3 is 5.32 Å². The molecule has 0 radical (unpaired) electrons. The monoisotopic (exact) mass is 287 g/mol. The van der Waals surface area contributed by atoms with Crippen molar-refractivity contribution in [3.8, 4) is 0 Å². The number of benzene rings is 2. The predicted octanol–water partition coefficient (Wildman–Crippen LogP) is 2.99. The number of hydrogen-bond acceptors (Lipinski definition) is 2. The maximum atomic E-state index is 12.6. The number of nitrogens with one attached hydrogen (secondary N) is 1. The van der Waals surface area contributed by atoms with Gasteiger partial charge >= 0.3 is 0 Å². The van der Waals surface area contributed by atoms with Gasteiger partial charge in [0.1, 0.15) is 0 Å². The van der Waals surface area contributed by atoms with Crippen LogP contribution in [0.2, 0.25) is 0 Å². The number of carbonyl (C=O) groups is 1. The normalized spacial score (nSPS) is 12.2. The van der Waals surface area contributed by atoms with Gasteiger partial charge in [-0.3, -0.25) is 4.79 Å². The minimum absolute atomic E-state index is 0.0423. The van der Waals surface area contributed by atoms with E-state index >= 15 is 0 Å². The summed E-state index contributed by atoms with van der Waals surface area (Å²) in [5.41, 5.74) is 0.461. The molecule has 1 N–H and O–H groups in total. The van der Waals surface area contributed by atoms with Crippen LogP contribution in [0.15, 0.2) is 64.4 Å². The summed E-state index contributed by atoms with van der Waals surface area (Å²) in [6.07, 6.45) is 0. The molecule has 0 aliphatic rings. The lowest BCUT2D eigenvalue weighted by Gasteiger charge is -2.12. The molecular formula is C16H17NO2S. The van der Waals surface area contributed by atoms with Crippen LogP contribution in [0.1, 0.15) is 24.2 Å². The van der Waals surface area contributed by atoms with Crippen molar-refractivity contribution in [1.29, 1.82) is 0 Å². The molecule has 0 heterocycles. The van der Waals surface area contributed by atoms with E-state index in [0.29, 0.717) is 15.4 Å². The van der Waals surface area contributed by atoms with E-state index < -0.39 is 10.8 Å². The molecule has 2 rings (SSSR count). The minimum Gasteiger partial charge on any atom is -0.350 e. The molecule has 20 heavy (non-hydrogen) atoms. The predicted molar refractivity (Wildman–Crippen MR) is 80.2 cm³/mol. The molecule has 2 aromatic carbocycles. The van der Waals surface area contributed by atoms with Crippen molar-refractivity contribution in [3.63, 3.8) is 0 Å². The lowest BCUT2D eigenvalue weighted by Crippen LogP contribution is -2.30. The second-order valence-electron chi connectivity index (χ2n) is 4.71. The quantitative estimate of drug-likeness (QED) is 0.939. The highest BCUT2D eigenvalue weighted by Crippen LogP contribution is 2.20. The van der Waals surface area contributed by atoms with E-state index in [2.05, 4.69) is 5.32 Å². The zero-order valence-electron chi connectivity index (χ0n) is 11.5. The van der Waals surface area contributed by atoms with Gasteiger partial charge in [-0.05, 0) is 38.1 Å². The van der Waals surface area contributed by atoms with Crippen LogP contribution in [-0.4, -0.2) is 16.2 Å². The maximum Gasteiger partial charge on any atom is 0.252 e. The number of amides is 1. The van der Waals surface area contributed by atoms with Crippen LogP contribution >= 0.6 is 0 Å². The van der Waals surface area contributed by atoms with Crippen LogP contribution in [-0.2, 0) is 10.8 Å². The molecule has 1 amide bonds. The number of hydrogen-bond donors (Lipinski definition) is 1. The Balaban J connectivity index is 2.38. The Kier molecular flexibility index (Phi) is 4.69. The molecule has 0 aromatic heterocycles. The third-order valence-corrected chi connectivity index (χ3v) is 4.16. The average molecular weight is 287 g/mol. The van der Waals surface area contributed by atoms with E-state index in [1.165, 1.54) is 0 Å². The van der Waals surface area contributed by atoms with E-state index in [9.17, 15) is 9.00 Å².